The average molecular weight is 397 g/mol. The maximum atomic E-state index is 12.7. The number of carbonyl (C=O) groups excluding carboxylic acids is 2. The van der Waals surface area contributed by atoms with E-state index in [-0.39, 0.29) is 29.6 Å². The van der Waals surface area contributed by atoms with Crippen LogP contribution in [0.25, 0.3) is 0 Å². The second kappa shape index (κ2) is 7.27. The minimum absolute atomic E-state index is 0.0125. The van der Waals surface area contributed by atoms with Crippen LogP contribution in [0.15, 0.2) is 24.3 Å². The second-order valence-corrected chi connectivity index (χ2v) is 7.45. The minimum Gasteiger partial charge on any atom is -0.381 e. The Labute approximate surface area is 160 Å². The fraction of sp³-hybridized carbons (Fsp3) is 0.579. The number of piperazine rings is 1. The van der Waals surface area contributed by atoms with Crippen molar-refractivity contribution in [2.45, 2.75) is 31.1 Å². The van der Waals surface area contributed by atoms with Crippen LogP contribution in [0.3, 0.4) is 0 Å². The number of hydrogen-bond acceptors (Lipinski definition) is 3. The lowest BCUT2D eigenvalue weighted by atomic mass is 10.1. The molecule has 1 aromatic carbocycles. The van der Waals surface area contributed by atoms with E-state index in [4.69, 9.17) is 4.74 Å². The summed E-state index contributed by atoms with van der Waals surface area (Å²) in [5.41, 5.74) is -0.547. The van der Waals surface area contributed by atoms with E-state index in [1.54, 1.807) is 4.90 Å². The van der Waals surface area contributed by atoms with Crippen LogP contribution in [0, 0.1) is 0 Å². The molecule has 6 nitrogen and oxygen atoms in total. The molecule has 152 valence electrons. The lowest BCUT2D eigenvalue weighted by molar-refractivity contribution is -0.137. The van der Waals surface area contributed by atoms with Gasteiger partial charge in [0.15, 0.2) is 0 Å². The Bertz CT molecular complexity index is 747. The summed E-state index contributed by atoms with van der Waals surface area (Å²) in [4.78, 5) is 30.8. The number of benzene rings is 1. The maximum absolute atomic E-state index is 12.7. The predicted octanol–water partition coefficient (Wildman–Crippen LogP) is 2.45. The molecule has 0 spiro atoms. The molecule has 0 saturated carbocycles. The van der Waals surface area contributed by atoms with Crippen LogP contribution in [0.1, 0.15) is 28.8 Å². The molecule has 0 bridgehead atoms. The monoisotopic (exact) mass is 397 g/mol. The van der Waals surface area contributed by atoms with Crippen molar-refractivity contribution >= 4 is 11.9 Å². The first kappa shape index (κ1) is 19.0. The zero-order chi connectivity index (χ0) is 19.9. The summed E-state index contributed by atoms with van der Waals surface area (Å²) < 4.78 is 43.5. The largest absolute Gasteiger partial charge is 0.416 e. The molecular formula is C19H22F3N3O3. The van der Waals surface area contributed by atoms with Gasteiger partial charge in [0, 0.05) is 51.0 Å². The van der Waals surface area contributed by atoms with E-state index >= 15 is 0 Å². The predicted molar refractivity (Wildman–Crippen MR) is 93.8 cm³/mol. The molecule has 3 saturated heterocycles. The van der Waals surface area contributed by atoms with Crippen molar-refractivity contribution < 1.29 is 27.5 Å². The topological polar surface area (TPSA) is 53.1 Å². The summed E-state index contributed by atoms with van der Waals surface area (Å²) in [6.45, 7) is 3.08. The van der Waals surface area contributed by atoms with Gasteiger partial charge >= 0.3 is 12.2 Å². The zero-order valence-corrected chi connectivity index (χ0v) is 15.3. The summed E-state index contributed by atoms with van der Waals surface area (Å²) in [5, 5.41) is 0. The molecule has 1 aromatic rings. The van der Waals surface area contributed by atoms with Crippen LogP contribution in [-0.2, 0) is 10.9 Å². The molecule has 3 amide bonds. The molecule has 0 unspecified atom stereocenters. The van der Waals surface area contributed by atoms with Gasteiger partial charge in [-0.1, -0.05) is 0 Å². The van der Waals surface area contributed by atoms with Crippen LogP contribution < -0.4 is 0 Å². The smallest absolute Gasteiger partial charge is 0.381 e. The highest BCUT2D eigenvalue weighted by Crippen LogP contribution is 2.30. The first-order valence-electron chi connectivity index (χ1n) is 9.46. The van der Waals surface area contributed by atoms with Crippen molar-refractivity contribution in [3.8, 4) is 0 Å². The van der Waals surface area contributed by atoms with Crippen molar-refractivity contribution in [2.24, 2.45) is 0 Å². The van der Waals surface area contributed by atoms with Gasteiger partial charge in [0.05, 0.1) is 11.6 Å². The second-order valence-electron chi connectivity index (χ2n) is 7.45. The van der Waals surface area contributed by atoms with Crippen molar-refractivity contribution in [3.63, 3.8) is 0 Å². The highest BCUT2D eigenvalue weighted by molar-refractivity contribution is 5.94. The summed E-state index contributed by atoms with van der Waals surface area (Å²) in [6.07, 6.45) is -2.79. The van der Waals surface area contributed by atoms with E-state index in [2.05, 4.69) is 0 Å². The number of nitrogens with zero attached hydrogens (tertiary/aromatic N) is 3. The van der Waals surface area contributed by atoms with E-state index in [0.717, 1.165) is 25.0 Å². The van der Waals surface area contributed by atoms with Crippen molar-refractivity contribution in [1.82, 2.24) is 14.7 Å². The van der Waals surface area contributed by atoms with Gasteiger partial charge in [-0.15, -0.1) is 0 Å². The number of carbonyl (C=O) groups is 2. The number of hydrogen-bond donors (Lipinski definition) is 0. The average Bonchev–Trinajstić information content (AvgIpc) is 3.03. The number of fused-ring (bicyclic) bond motifs is 1. The molecule has 3 fully saturated rings. The lowest BCUT2D eigenvalue weighted by Crippen LogP contribution is -2.53. The van der Waals surface area contributed by atoms with Gasteiger partial charge in [-0.3, -0.25) is 4.79 Å². The molecule has 0 aliphatic carbocycles. The molecule has 3 heterocycles. The van der Waals surface area contributed by atoms with Crippen molar-refractivity contribution in [3.05, 3.63) is 35.4 Å². The Morgan fingerprint density at radius 2 is 1.64 bits per heavy atom. The standard InChI is InChI=1S/C19H22F3N3O3/c20-19(21,22)14-3-1-13(2-4-14)17(26)23-7-8-24-16(11-23)12-25(18(24)27)15-5-9-28-10-6-15/h1-4,15-16H,5-12H2/t16-/m1/s1. The number of amides is 3. The number of ether oxygens (including phenoxy) is 1. The molecule has 4 rings (SSSR count). The Kier molecular flexibility index (Phi) is 4.95. The van der Waals surface area contributed by atoms with Gasteiger partial charge in [-0.2, -0.15) is 13.2 Å². The van der Waals surface area contributed by atoms with Gasteiger partial charge in [-0.25, -0.2) is 4.79 Å². The summed E-state index contributed by atoms with van der Waals surface area (Å²) in [5.74, 6) is -0.301. The molecular weight excluding hydrogens is 375 g/mol. The number of halogens is 3. The third-order valence-corrected chi connectivity index (χ3v) is 5.76. The molecule has 28 heavy (non-hydrogen) atoms. The van der Waals surface area contributed by atoms with Crippen LogP contribution in [-0.4, -0.2) is 78.1 Å². The minimum atomic E-state index is -4.43. The number of urea groups is 1. The summed E-state index contributed by atoms with van der Waals surface area (Å²) in [6, 6.07) is 4.38. The van der Waals surface area contributed by atoms with E-state index in [9.17, 15) is 22.8 Å². The maximum Gasteiger partial charge on any atom is 0.416 e. The highest BCUT2D eigenvalue weighted by atomic mass is 19.4. The SMILES string of the molecule is O=C(c1ccc(C(F)(F)F)cc1)N1CCN2C(=O)N(C3CCOCC3)C[C@H]2C1. The molecule has 1 atom stereocenters. The van der Waals surface area contributed by atoms with E-state index < -0.39 is 11.7 Å². The molecule has 3 aliphatic rings. The first-order chi connectivity index (χ1) is 13.3. The third kappa shape index (κ3) is 3.55. The Morgan fingerprint density at radius 1 is 0.964 bits per heavy atom. The van der Waals surface area contributed by atoms with Crippen molar-refractivity contribution in [2.75, 3.05) is 39.4 Å². The number of alkyl halides is 3. The molecule has 0 N–H and O–H groups in total. The highest BCUT2D eigenvalue weighted by Gasteiger charge is 2.44. The van der Waals surface area contributed by atoms with Crippen LogP contribution in [0.5, 0.6) is 0 Å². The van der Waals surface area contributed by atoms with Gasteiger partial charge in [-0.05, 0) is 37.1 Å². The zero-order valence-electron chi connectivity index (χ0n) is 15.3. The summed E-state index contributed by atoms with van der Waals surface area (Å²) in [7, 11) is 0. The lowest BCUT2D eigenvalue weighted by Gasteiger charge is -2.36. The molecule has 9 heteroatoms. The van der Waals surface area contributed by atoms with Gasteiger partial charge in [0.1, 0.15) is 0 Å². The fourth-order valence-corrected chi connectivity index (χ4v) is 4.20. The van der Waals surface area contributed by atoms with Crippen molar-refractivity contribution in [1.29, 1.82) is 0 Å². The fourth-order valence-electron chi connectivity index (χ4n) is 4.20. The van der Waals surface area contributed by atoms with Gasteiger partial charge in [0.2, 0.25) is 0 Å². The molecule has 0 aromatic heterocycles. The van der Waals surface area contributed by atoms with Gasteiger partial charge < -0.3 is 19.4 Å². The van der Waals surface area contributed by atoms with Crippen LogP contribution in [0.2, 0.25) is 0 Å². The van der Waals surface area contributed by atoms with Crippen LogP contribution >= 0.6 is 0 Å². The van der Waals surface area contributed by atoms with E-state index in [1.807, 2.05) is 9.80 Å². The first-order valence-corrected chi connectivity index (χ1v) is 9.46. The third-order valence-electron chi connectivity index (χ3n) is 5.76. The van der Waals surface area contributed by atoms with Crippen LogP contribution in [0.4, 0.5) is 18.0 Å². The molecule has 0 radical (unpaired) electrons. The summed E-state index contributed by atoms with van der Waals surface area (Å²) >= 11 is 0. The number of rotatable bonds is 2. The quantitative estimate of drug-likeness (QED) is 0.770. The normalized spacial score (nSPS) is 23.9. The molecule has 3 aliphatic heterocycles. The Morgan fingerprint density at radius 3 is 2.29 bits per heavy atom. The Hall–Kier alpha value is -2.29. The Balaban J connectivity index is 1.42. The van der Waals surface area contributed by atoms with Gasteiger partial charge in [0.25, 0.3) is 5.91 Å². The van der Waals surface area contributed by atoms with E-state index in [0.29, 0.717) is 39.4 Å². The van der Waals surface area contributed by atoms with E-state index in [1.165, 1.54) is 12.1 Å².